The summed E-state index contributed by atoms with van der Waals surface area (Å²) in [5.74, 6) is 1.41. The van der Waals surface area contributed by atoms with E-state index in [0.717, 1.165) is 12.8 Å². The van der Waals surface area contributed by atoms with Crippen LogP contribution in [-0.2, 0) is 4.52 Å². The first-order chi connectivity index (χ1) is 15.1. The summed E-state index contributed by atoms with van der Waals surface area (Å²) in [7, 11) is -0.424. The number of hydrogen-bond donors (Lipinski definition) is 1. The van der Waals surface area contributed by atoms with E-state index < -0.39 is 9.03 Å². The Balaban J connectivity index is 5.34. The van der Waals surface area contributed by atoms with Gasteiger partial charge in [0.2, 0.25) is 0 Å². The maximum atomic E-state index is 9.87. The first-order valence-corrected chi connectivity index (χ1v) is 14.7. The monoisotopic (exact) mass is 456 g/mol. The van der Waals surface area contributed by atoms with E-state index in [1.54, 1.807) is 0 Å². The van der Waals surface area contributed by atoms with Crippen LogP contribution in [0.2, 0.25) is 0 Å². The van der Waals surface area contributed by atoms with Gasteiger partial charge < -0.3 is 9.42 Å². The fourth-order valence-electron chi connectivity index (χ4n) is 5.11. The minimum Gasteiger partial charge on any atom is -0.352 e. The van der Waals surface area contributed by atoms with Crippen molar-refractivity contribution in [2.24, 2.45) is 11.8 Å². The average molecular weight is 457 g/mol. The molecule has 0 radical (unpaired) electrons. The van der Waals surface area contributed by atoms with Gasteiger partial charge in [-0.05, 0) is 31.6 Å². The Kier molecular flexibility index (Phi) is 22.0. The van der Waals surface area contributed by atoms with Crippen LogP contribution in [0.15, 0.2) is 12.2 Å². The summed E-state index contributed by atoms with van der Waals surface area (Å²) in [6, 6.07) is 0. The Morgan fingerprint density at radius 3 is 1.45 bits per heavy atom. The van der Waals surface area contributed by atoms with Crippen molar-refractivity contribution in [2.75, 3.05) is 0 Å². The lowest BCUT2D eigenvalue weighted by atomic mass is 9.77. The number of rotatable bonds is 23. The third-order valence-electron chi connectivity index (χ3n) is 6.85. The molecule has 0 spiro atoms. The standard InChI is InChI=1S/C28H57O2P/c1-6-11-15-17-21-26(19-13-8-3)24-28(23-10-5,30-31-29)25-27(20-14-9-4)22-18-16-12-7-2/h10,23,26-27,29,31H,6-9,11-22,24-25H2,1-5H3. The zero-order valence-electron chi connectivity index (χ0n) is 21.9. The first kappa shape index (κ1) is 31.1. The molecule has 0 saturated carbocycles. The molecule has 0 heterocycles. The van der Waals surface area contributed by atoms with Gasteiger partial charge in [-0.2, -0.15) is 0 Å². The van der Waals surface area contributed by atoms with Gasteiger partial charge in [-0.3, -0.25) is 0 Å². The summed E-state index contributed by atoms with van der Waals surface area (Å²) in [5.41, 5.74) is -0.283. The van der Waals surface area contributed by atoms with Crippen LogP contribution >= 0.6 is 9.03 Å². The smallest absolute Gasteiger partial charge is 0.153 e. The van der Waals surface area contributed by atoms with Crippen LogP contribution < -0.4 is 0 Å². The van der Waals surface area contributed by atoms with E-state index in [9.17, 15) is 4.89 Å². The molecule has 0 aromatic rings. The van der Waals surface area contributed by atoms with E-state index in [0.29, 0.717) is 11.8 Å². The Labute approximate surface area is 198 Å². The molecular formula is C28H57O2P. The molecule has 0 bridgehead atoms. The third-order valence-corrected chi connectivity index (χ3v) is 7.35. The molecule has 0 saturated heterocycles. The molecule has 3 atom stereocenters. The molecule has 31 heavy (non-hydrogen) atoms. The van der Waals surface area contributed by atoms with Crippen molar-refractivity contribution in [3.05, 3.63) is 12.2 Å². The fraction of sp³-hybridized carbons (Fsp3) is 0.929. The van der Waals surface area contributed by atoms with E-state index in [-0.39, 0.29) is 5.60 Å². The van der Waals surface area contributed by atoms with Crippen molar-refractivity contribution in [1.82, 2.24) is 0 Å². The Bertz CT molecular complexity index is 370. The predicted octanol–water partition coefficient (Wildman–Crippen LogP) is 10.2. The molecule has 3 heteroatoms. The van der Waals surface area contributed by atoms with Gasteiger partial charge in [0.15, 0.2) is 9.03 Å². The van der Waals surface area contributed by atoms with E-state index in [4.69, 9.17) is 4.52 Å². The number of unbranched alkanes of at least 4 members (excludes halogenated alkanes) is 8. The maximum absolute atomic E-state index is 9.87. The van der Waals surface area contributed by atoms with Crippen LogP contribution in [0.5, 0.6) is 0 Å². The highest BCUT2D eigenvalue weighted by atomic mass is 31.1. The summed E-state index contributed by atoms with van der Waals surface area (Å²) in [6.07, 6.45) is 27.7. The van der Waals surface area contributed by atoms with Crippen molar-refractivity contribution in [3.63, 3.8) is 0 Å². The van der Waals surface area contributed by atoms with Crippen molar-refractivity contribution in [2.45, 2.75) is 156 Å². The molecule has 0 aliphatic rings. The Morgan fingerprint density at radius 1 is 0.677 bits per heavy atom. The fourth-order valence-corrected chi connectivity index (χ4v) is 5.53. The minimum atomic E-state index is -0.424. The van der Waals surface area contributed by atoms with Crippen LogP contribution in [0, 0.1) is 11.8 Å². The molecule has 0 aliphatic carbocycles. The quantitative estimate of drug-likeness (QED) is 0.0941. The second-order valence-electron chi connectivity index (χ2n) is 9.88. The van der Waals surface area contributed by atoms with E-state index in [1.807, 2.05) is 0 Å². The molecule has 0 aromatic carbocycles. The molecule has 2 nitrogen and oxygen atoms in total. The zero-order chi connectivity index (χ0) is 23.2. The van der Waals surface area contributed by atoms with Crippen LogP contribution in [0.3, 0.4) is 0 Å². The maximum Gasteiger partial charge on any atom is 0.153 e. The van der Waals surface area contributed by atoms with Gasteiger partial charge in [-0.1, -0.05) is 143 Å². The van der Waals surface area contributed by atoms with Gasteiger partial charge in [0.25, 0.3) is 0 Å². The van der Waals surface area contributed by atoms with Crippen LogP contribution in [0.1, 0.15) is 150 Å². The molecule has 3 unspecified atom stereocenters. The van der Waals surface area contributed by atoms with E-state index >= 15 is 0 Å². The van der Waals surface area contributed by atoms with Crippen LogP contribution in [0.4, 0.5) is 0 Å². The van der Waals surface area contributed by atoms with E-state index in [2.05, 4.69) is 46.8 Å². The van der Waals surface area contributed by atoms with Crippen LogP contribution in [-0.4, -0.2) is 10.5 Å². The summed E-state index contributed by atoms with van der Waals surface area (Å²) in [5, 5.41) is 0. The summed E-state index contributed by atoms with van der Waals surface area (Å²) in [6.45, 7) is 11.3. The second-order valence-corrected chi connectivity index (χ2v) is 10.3. The van der Waals surface area contributed by atoms with Crippen molar-refractivity contribution in [3.8, 4) is 0 Å². The van der Waals surface area contributed by atoms with Crippen molar-refractivity contribution in [1.29, 1.82) is 0 Å². The molecule has 0 amide bonds. The average Bonchev–Trinajstić information content (AvgIpc) is 2.76. The molecule has 0 fully saturated rings. The SMILES string of the molecule is CC=CC(CC(CCCC)CCCCCC)(CC(CCCC)CCCCCC)OPO. The lowest BCUT2D eigenvalue weighted by Gasteiger charge is -2.37. The number of allylic oxidation sites excluding steroid dienone is 1. The molecule has 0 aromatic heterocycles. The Hall–Kier alpha value is 0.0900. The first-order valence-electron chi connectivity index (χ1n) is 13.8. The topological polar surface area (TPSA) is 29.5 Å². The minimum absolute atomic E-state index is 0.283. The molecule has 186 valence electrons. The van der Waals surface area contributed by atoms with Gasteiger partial charge in [-0.25, -0.2) is 0 Å². The molecular weight excluding hydrogens is 399 g/mol. The summed E-state index contributed by atoms with van der Waals surface area (Å²) >= 11 is 0. The predicted molar refractivity (Wildman–Crippen MR) is 142 cm³/mol. The van der Waals surface area contributed by atoms with E-state index in [1.165, 1.54) is 103 Å². The largest absolute Gasteiger partial charge is 0.352 e. The highest BCUT2D eigenvalue weighted by Crippen LogP contribution is 2.40. The normalized spacial score (nSPS) is 16.3. The molecule has 0 aliphatic heterocycles. The van der Waals surface area contributed by atoms with Gasteiger partial charge in [-0.15, -0.1) is 0 Å². The second kappa shape index (κ2) is 21.9. The van der Waals surface area contributed by atoms with Crippen molar-refractivity contribution < 1.29 is 9.42 Å². The lowest BCUT2D eigenvalue weighted by molar-refractivity contribution is 0.0622. The van der Waals surface area contributed by atoms with Crippen LogP contribution in [0.25, 0.3) is 0 Å². The summed E-state index contributed by atoms with van der Waals surface area (Å²) < 4.78 is 6.24. The highest BCUT2D eigenvalue weighted by molar-refractivity contribution is 7.25. The lowest BCUT2D eigenvalue weighted by Crippen LogP contribution is -2.33. The number of hydrogen-bond acceptors (Lipinski definition) is 2. The van der Waals surface area contributed by atoms with Crippen molar-refractivity contribution >= 4 is 9.03 Å². The van der Waals surface area contributed by atoms with Gasteiger partial charge in [0.1, 0.15) is 0 Å². The highest BCUT2D eigenvalue weighted by Gasteiger charge is 2.34. The van der Waals surface area contributed by atoms with Gasteiger partial charge in [0.05, 0.1) is 5.60 Å². The molecule has 1 N–H and O–H groups in total. The summed E-state index contributed by atoms with van der Waals surface area (Å²) in [4.78, 5) is 9.87. The van der Waals surface area contributed by atoms with Gasteiger partial charge >= 0.3 is 0 Å². The zero-order valence-corrected chi connectivity index (χ0v) is 22.9. The Morgan fingerprint density at radius 2 is 1.10 bits per heavy atom. The third kappa shape index (κ3) is 16.4. The van der Waals surface area contributed by atoms with Gasteiger partial charge in [0, 0.05) is 0 Å². The molecule has 0 rings (SSSR count).